The highest BCUT2D eigenvalue weighted by Crippen LogP contribution is 2.25. The Morgan fingerprint density at radius 1 is 1.19 bits per heavy atom. The molecule has 3 rings (SSSR count). The second kappa shape index (κ2) is 11.8. The molecule has 0 spiro atoms. The Hall–Kier alpha value is -3.30. The molecule has 1 aliphatic heterocycles. The quantitative estimate of drug-likeness (QED) is 0.402. The van der Waals surface area contributed by atoms with E-state index in [-0.39, 0.29) is 40.3 Å². The van der Waals surface area contributed by atoms with Gasteiger partial charge in [0.05, 0.1) is 21.5 Å². The van der Waals surface area contributed by atoms with Crippen LogP contribution in [0.2, 0.25) is 4.34 Å². The number of thiophene rings is 1. The second-order valence-corrected chi connectivity index (χ2v) is 9.23. The first-order valence-electron chi connectivity index (χ1n) is 10.4. The number of morpholine rings is 1. The molecule has 0 radical (unpaired) electrons. The molecule has 3 N–H and O–H groups in total. The first-order valence-corrected chi connectivity index (χ1v) is 11.6. The van der Waals surface area contributed by atoms with Crippen molar-refractivity contribution < 1.29 is 45.9 Å². The van der Waals surface area contributed by atoms with Gasteiger partial charge in [-0.2, -0.15) is 8.78 Å². The number of carbonyl (C=O) groups is 4. The van der Waals surface area contributed by atoms with E-state index in [0.717, 1.165) is 22.3 Å². The SMILES string of the molecule is O=C(NC[C@@H](NC(=O)C(F)(F)C(F)F)C(=O)Nc1ccc(N2CCOCC2=O)c(F)c1)c1ccc(Cl)s1. The number of ether oxygens (including phenoxy) is 1. The lowest BCUT2D eigenvalue weighted by Crippen LogP contribution is -2.56. The maximum atomic E-state index is 14.7. The first-order chi connectivity index (χ1) is 17.4. The maximum Gasteiger partial charge on any atom is 0.383 e. The van der Waals surface area contributed by atoms with Crippen molar-refractivity contribution in [2.75, 3.05) is 36.5 Å². The summed E-state index contributed by atoms with van der Waals surface area (Å²) in [6.45, 7) is -0.763. The highest BCUT2D eigenvalue weighted by molar-refractivity contribution is 7.18. The summed E-state index contributed by atoms with van der Waals surface area (Å²) in [7, 11) is 0. The van der Waals surface area contributed by atoms with Crippen LogP contribution in [0.25, 0.3) is 0 Å². The zero-order chi connectivity index (χ0) is 27.3. The van der Waals surface area contributed by atoms with Crippen LogP contribution in [-0.2, 0) is 19.1 Å². The Morgan fingerprint density at radius 2 is 1.92 bits per heavy atom. The minimum atomic E-state index is -5.12. The molecule has 16 heteroatoms. The Morgan fingerprint density at radius 3 is 2.51 bits per heavy atom. The molecule has 0 aliphatic carbocycles. The predicted molar refractivity (Wildman–Crippen MR) is 123 cm³/mol. The molecule has 200 valence electrons. The Balaban J connectivity index is 1.75. The van der Waals surface area contributed by atoms with Crippen molar-refractivity contribution in [3.05, 3.63) is 45.4 Å². The number of hydrogen-bond donors (Lipinski definition) is 3. The van der Waals surface area contributed by atoms with Crippen molar-refractivity contribution in [3.63, 3.8) is 0 Å². The molecule has 2 heterocycles. The van der Waals surface area contributed by atoms with Crippen LogP contribution in [0, 0.1) is 5.82 Å². The standard InChI is InChI=1S/C21H18ClF5N4O5S/c22-15-4-3-14(37-15)18(34)28-8-12(30-20(35)21(26,27)19(24)25)17(33)29-10-1-2-13(11(23)7-10)31-5-6-36-9-16(31)32/h1-4,7,12,19H,5-6,8-9H2,(H,28,34)(H,29,33)(H,30,35)/t12-/m1/s1. The third-order valence-electron chi connectivity index (χ3n) is 4.95. The van der Waals surface area contributed by atoms with Gasteiger partial charge in [0.1, 0.15) is 18.5 Å². The number of carbonyl (C=O) groups excluding carboxylic acids is 4. The number of halogens is 6. The highest BCUT2D eigenvalue weighted by Gasteiger charge is 2.50. The number of rotatable bonds is 9. The fourth-order valence-corrected chi connectivity index (χ4v) is 4.05. The van der Waals surface area contributed by atoms with Gasteiger partial charge < -0.3 is 25.6 Å². The summed E-state index contributed by atoms with van der Waals surface area (Å²) in [5.41, 5.74) is -0.308. The number of alkyl halides is 4. The average molecular weight is 569 g/mol. The smallest absolute Gasteiger partial charge is 0.370 e. The predicted octanol–water partition coefficient (Wildman–Crippen LogP) is 2.66. The summed E-state index contributed by atoms with van der Waals surface area (Å²) in [6.07, 6.45) is -4.36. The van der Waals surface area contributed by atoms with Crippen LogP contribution in [0.4, 0.5) is 33.3 Å². The number of anilines is 2. The molecule has 1 atom stereocenters. The van der Waals surface area contributed by atoms with E-state index in [2.05, 4.69) is 10.6 Å². The molecule has 1 saturated heterocycles. The molecule has 2 aromatic rings. The molecule has 0 unspecified atom stereocenters. The lowest BCUT2D eigenvalue weighted by Gasteiger charge is -2.27. The molecule has 9 nitrogen and oxygen atoms in total. The molecular weight excluding hydrogens is 551 g/mol. The molecule has 37 heavy (non-hydrogen) atoms. The van der Waals surface area contributed by atoms with Gasteiger partial charge in [0.15, 0.2) is 0 Å². The Bertz CT molecular complexity index is 1200. The van der Waals surface area contributed by atoms with Crippen LogP contribution in [0.15, 0.2) is 30.3 Å². The largest absolute Gasteiger partial charge is 0.383 e. The third-order valence-corrected chi connectivity index (χ3v) is 6.18. The number of benzene rings is 1. The first kappa shape index (κ1) is 28.3. The zero-order valence-corrected chi connectivity index (χ0v) is 20.1. The fraction of sp³-hybridized carbons (Fsp3) is 0.333. The lowest BCUT2D eigenvalue weighted by molar-refractivity contribution is -0.170. The monoisotopic (exact) mass is 568 g/mol. The summed E-state index contributed by atoms with van der Waals surface area (Å²) in [4.78, 5) is 49.8. The van der Waals surface area contributed by atoms with Gasteiger partial charge in [-0.15, -0.1) is 11.3 Å². The van der Waals surface area contributed by atoms with Gasteiger partial charge in [0.2, 0.25) is 5.91 Å². The van der Waals surface area contributed by atoms with Crippen molar-refractivity contribution in [3.8, 4) is 0 Å². The van der Waals surface area contributed by atoms with E-state index in [0.29, 0.717) is 0 Å². The van der Waals surface area contributed by atoms with E-state index in [1.807, 2.05) is 0 Å². The topological polar surface area (TPSA) is 117 Å². The summed E-state index contributed by atoms with van der Waals surface area (Å²) in [5.74, 6) is -11.0. The van der Waals surface area contributed by atoms with Gasteiger partial charge >= 0.3 is 12.3 Å². The minimum absolute atomic E-state index is 0.0864. The van der Waals surface area contributed by atoms with Crippen molar-refractivity contribution in [2.45, 2.75) is 18.4 Å². The molecular formula is C21H18ClF5N4O5S. The van der Waals surface area contributed by atoms with Crippen molar-refractivity contribution >= 4 is 57.9 Å². The molecule has 1 aromatic heterocycles. The number of nitrogens with one attached hydrogen (secondary N) is 3. The van der Waals surface area contributed by atoms with Gasteiger partial charge in [0.25, 0.3) is 17.7 Å². The van der Waals surface area contributed by atoms with Crippen LogP contribution < -0.4 is 20.9 Å². The van der Waals surface area contributed by atoms with Crippen LogP contribution in [-0.4, -0.2) is 68.3 Å². The van der Waals surface area contributed by atoms with E-state index in [1.165, 1.54) is 29.6 Å². The van der Waals surface area contributed by atoms with E-state index in [1.54, 1.807) is 0 Å². The number of hydrogen-bond acceptors (Lipinski definition) is 6. The van der Waals surface area contributed by atoms with Crippen LogP contribution in [0.3, 0.4) is 0 Å². The molecule has 1 aromatic carbocycles. The minimum Gasteiger partial charge on any atom is -0.370 e. The zero-order valence-electron chi connectivity index (χ0n) is 18.5. The van der Waals surface area contributed by atoms with E-state index < -0.39 is 54.4 Å². The van der Waals surface area contributed by atoms with Crippen LogP contribution in [0.5, 0.6) is 0 Å². The van der Waals surface area contributed by atoms with E-state index >= 15 is 0 Å². The molecule has 4 amide bonds. The normalized spacial score (nSPS) is 14.9. The van der Waals surface area contributed by atoms with Crippen molar-refractivity contribution in [2.24, 2.45) is 0 Å². The van der Waals surface area contributed by atoms with Crippen LogP contribution in [0.1, 0.15) is 9.67 Å². The van der Waals surface area contributed by atoms with E-state index in [9.17, 15) is 41.1 Å². The van der Waals surface area contributed by atoms with Gasteiger partial charge in [-0.1, -0.05) is 11.6 Å². The lowest BCUT2D eigenvalue weighted by atomic mass is 10.2. The summed E-state index contributed by atoms with van der Waals surface area (Å²) in [5, 5.41) is 5.84. The maximum absolute atomic E-state index is 14.7. The number of nitrogens with zero attached hydrogens (tertiary/aromatic N) is 1. The number of amides is 4. The van der Waals surface area contributed by atoms with Gasteiger partial charge in [0, 0.05) is 18.8 Å². The van der Waals surface area contributed by atoms with E-state index in [4.69, 9.17) is 16.3 Å². The third kappa shape index (κ3) is 6.93. The second-order valence-electron chi connectivity index (χ2n) is 7.52. The molecule has 1 aliphatic rings. The summed E-state index contributed by atoms with van der Waals surface area (Å²) in [6, 6.07) is 3.98. The van der Waals surface area contributed by atoms with Crippen molar-refractivity contribution in [1.82, 2.24) is 10.6 Å². The van der Waals surface area contributed by atoms with Crippen molar-refractivity contribution in [1.29, 1.82) is 0 Å². The summed E-state index contributed by atoms with van der Waals surface area (Å²) >= 11 is 6.61. The van der Waals surface area contributed by atoms with Gasteiger partial charge in [-0.25, -0.2) is 13.2 Å². The fourth-order valence-electron chi connectivity index (χ4n) is 3.09. The van der Waals surface area contributed by atoms with Gasteiger partial charge in [-0.3, -0.25) is 19.2 Å². The molecule has 0 saturated carbocycles. The molecule has 1 fully saturated rings. The Labute approximate surface area is 214 Å². The molecule has 0 bridgehead atoms. The summed E-state index contributed by atoms with van der Waals surface area (Å²) < 4.78 is 72.0. The average Bonchev–Trinajstić information content (AvgIpc) is 3.28. The Kier molecular flexibility index (Phi) is 9.04. The van der Waals surface area contributed by atoms with Crippen LogP contribution >= 0.6 is 22.9 Å². The van der Waals surface area contributed by atoms with Gasteiger partial charge in [-0.05, 0) is 30.3 Å². The highest BCUT2D eigenvalue weighted by atomic mass is 35.5.